The first-order chi connectivity index (χ1) is 9.77. The summed E-state index contributed by atoms with van der Waals surface area (Å²) < 4.78 is 13.7. The minimum Gasteiger partial charge on any atom is -0.505 e. The lowest BCUT2D eigenvalue weighted by atomic mass is 10.0. The van der Waals surface area contributed by atoms with Gasteiger partial charge in [0.1, 0.15) is 0 Å². The van der Waals surface area contributed by atoms with E-state index in [1.165, 1.54) is 6.07 Å². The Hall–Kier alpha value is -1.43. The molecule has 0 aliphatic carbocycles. The van der Waals surface area contributed by atoms with Crippen molar-refractivity contribution in [2.75, 3.05) is 26.2 Å². The molecule has 0 amide bonds. The van der Waals surface area contributed by atoms with E-state index in [-0.39, 0.29) is 11.8 Å². The quantitative estimate of drug-likeness (QED) is 0.913. The molecule has 1 atom stereocenters. The Morgan fingerprint density at radius 2 is 2.00 bits per heavy atom. The van der Waals surface area contributed by atoms with E-state index in [1.807, 2.05) is 23.6 Å². The summed E-state index contributed by atoms with van der Waals surface area (Å²) >= 11 is 1.64. The van der Waals surface area contributed by atoms with Crippen LogP contribution in [-0.2, 0) is 0 Å². The van der Waals surface area contributed by atoms with Crippen LogP contribution in [0.5, 0.6) is 5.75 Å². The molecule has 0 spiro atoms. The van der Waals surface area contributed by atoms with Crippen molar-refractivity contribution in [2.45, 2.75) is 6.04 Å². The van der Waals surface area contributed by atoms with Crippen LogP contribution in [-0.4, -0.2) is 36.2 Å². The fourth-order valence-corrected chi connectivity index (χ4v) is 3.55. The fourth-order valence-electron chi connectivity index (χ4n) is 2.67. The number of phenolic OH excluding ortho intramolecular Hbond substituents is 1. The highest BCUT2D eigenvalue weighted by molar-refractivity contribution is 7.10. The minimum absolute atomic E-state index is 0.0761. The van der Waals surface area contributed by atoms with Crippen LogP contribution in [0.25, 0.3) is 0 Å². The molecule has 3 nitrogen and oxygen atoms in total. The summed E-state index contributed by atoms with van der Waals surface area (Å²) in [5.74, 6) is -0.788. The number of para-hydroxylation sites is 1. The number of phenols is 1. The van der Waals surface area contributed by atoms with Gasteiger partial charge in [-0.05, 0) is 17.5 Å². The van der Waals surface area contributed by atoms with Gasteiger partial charge in [0.05, 0.1) is 6.04 Å². The van der Waals surface area contributed by atoms with Gasteiger partial charge < -0.3 is 10.4 Å². The molecule has 20 heavy (non-hydrogen) atoms. The van der Waals surface area contributed by atoms with Gasteiger partial charge in [-0.1, -0.05) is 18.2 Å². The van der Waals surface area contributed by atoms with Crippen molar-refractivity contribution in [3.8, 4) is 5.75 Å². The molecule has 0 unspecified atom stereocenters. The zero-order chi connectivity index (χ0) is 13.9. The third-order valence-corrected chi connectivity index (χ3v) is 4.57. The highest BCUT2D eigenvalue weighted by Crippen LogP contribution is 2.37. The average molecular weight is 292 g/mol. The van der Waals surface area contributed by atoms with Gasteiger partial charge in [-0.3, -0.25) is 4.90 Å². The highest BCUT2D eigenvalue weighted by Gasteiger charge is 2.27. The zero-order valence-electron chi connectivity index (χ0n) is 11.1. The number of thiophene rings is 1. The molecule has 0 radical (unpaired) electrons. The minimum atomic E-state index is -0.556. The van der Waals surface area contributed by atoms with Crippen LogP contribution in [0, 0.1) is 5.82 Å². The van der Waals surface area contributed by atoms with Gasteiger partial charge in [-0.15, -0.1) is 11.3 Å². The van der Waals surface area contributed by atoms with Gasteiger partial charge in [-0.2, -0.15) is 0 Å². The Balaban J connectivity index is 2.03. The molecule has 106 valence electrons. The van der Waals surface area contributed by atoms with Gasteiger partial charge in [0.2, 0.25) is 0 Å². The molecule has 5 heteroatoms. The van der Waals surface area contributed by atoms with Crippen LogP contribution in [0.2, 0.25) is 0 Å². The predicted octanol–water partition coefficient (Wildman–Crippen LogP) is 2.59. The van der Waals surface area contributed by atoms with Crippen molar-refractivity contribution in [3.05, 3.63) is 52.0 Å². The number of piperazine rings is 1. The van der Waals surface area contributed by atoms with Crippen molar-refractivity contribution in [1.82, 2.24) is 10.2 Å². The second kappa shape index (κ2) is 5.91. The van der Waals surface area contributed by atoms with Crippen LogP contribution in [0.15, 0.2) is 35.7 Å². The molecule has 0 saturated carbocycles. The fraction of sp³-hybridized carbons (Fsp3) is 0.333. The first-order valence-corrected chi connectivity index (χ1v) is 7.61. The maximum Gasteiger partial charge on any atom is 0.165 e. The summed E-state index contributed by atoms with van der Waals surface area (Å²) in [6, 6.07) is 8.72. The normalized spacial score (nSPS) is 18.1. The third-order valence-electron chi connectivity index (χ3n) is 3.64. The van der Waals surface area contributed by atoms with Gasteiger partial charge in [0.25, 0.3) is 0 Å². The summed E-state index contributed by atoms with van der Waals surface area (Å²) in [5, 5.41) is 15.4. The monoisotopic (exact) mass is 292 g/mol. The van der Waals surface area contributed by atoms with Gasteiger partial charge in [0, 0.05) is 36.6 Å². The summed E-state index contributed by atoms with van der Waals surface area (Å²) in [6.45, 7) is 3.60. The Bertz CT molecular complexity index is 567. The van der Waals surface area contributed by atoms with Gasteiger partial charge >= 0.3 is 0 Å². The molecular weight excluding hydrogens is 275 g/mol. The van der Waals surface area contributed by atoms with Crippen molar-refractivity contribution in [1.29, 1.82) is 0 Å². The van der Waals surface area contributed by atoms with Crippen LogP contribution >= 0.6 is 11.3 Å². The third kappa shape index (κ3) is 2.57. The van der Waals surface area contributed by atoms with Crippen molar-refractivity contribution in [3.63, 3.8) is 0 Å². The van der Waals surface area contributed by atoms with E-state index in [1.54, 1.807) is 17.4 Å². The molecule has 2 aromatic rings. The van der Waals surface area contributed by atoms with Gasteiger partial charge in [-0.25, -0.2) is 4.39 Å². The summed E-state index contributed by atoms with van der Waals surface area (Å²) in [5.41, 5.74) is 0.648. The molecule has 1 aromatic heterocycles. The number of aromatic hydroxyl groups is 1. The Morgan fingerprint density at radius 3 is 2.70 bits per heavy atom. The first-order valence-electron chi connectivity index (χ1n) is 6.73. The standard InChI is InChI=1S/C15H17FN2OS/c16-12-4-1-3-11(15(12)19)14(13-5-2-10-20-13)18-8-6-17-7-9-18/h1-5,10,14,17,19H,6-9H2/t14-/m1/s1. The summed E-state index contributed by atoms with van der Waals surface area (Å²) in [6.07, 6.45) is 0. The Kier molecular flexibility index (Phi) is 4.00. The second-order valence-corrected chi connectivity index (χ2v) is 5.86. The van der Waals surface area contributed by atoms with Crippen LogP contribution in [0.1, 0.15) is 16.5 Å². The molecule has 0 bridgehead atoms. The zero-order valence-corrected chi connectivity index (χ0v) is 11.9. The maximum atomic E-state index is 13.7. The van der Waals surface area contributed by atoms with Crippen LogP contribution in [0.4, 0.5) is 4.39 Å². The molecular formula is C15H17FN2OS. The molecule has 1 aliphatic heterocycles. The van der Waals surface area contributed by atoms with E-state index in [0.29, 0.717) is 5.56 Å². The van der Waals surface area contributed by atoms with E-state index in [9.17, 15) is 9.50 Å². The molecule has 1 saturated heterocycles. The number of rotatable bonds is 3. The maximum absolute atomic E-state index is 13.7. The molecule has 3 rings (SSSR count). The Labute approximate surface area is 121 Å². The van der Waals surface area contributed by atoms with Crippen LogP contribution < -0.4 is 5.32 Å². The molecule has 1 aromatic carbocycles. The summed E-state index contributed by atoms with van der Waals surface area (Å²) in [4.78, 5) is 3.42. The van der Waals surface area contributed by atoms with Gasteiger partial charge in [0.15, 0.2) is 11.6 Å². The van der Waals surface area contributed by atoms with Crippen molar-refractivity contribution < 1.29 is 9.50 Å². The van der Waals surface area contributed by atoms with Crippen molar-refractivity contribution in [2.24, 2.45) is 0 Å². The topological polar surface area (TPSA) is 35.5 Å². The van der Waals surface area contributed by atoms with E-state index < -0.39 is 5.82 Å². The largest absolute Gasteiger partial charge is 0.505 e. The second-order valence-electron chi connectivity index (χ2n) is 4.88. The van der Waals surface area contributed by atoms with E-state index in [0.717, 1.165) is 31.1 Å². The molecule has 2 N–H and O–H groups in total. The lowest BCUT2D eigenvalue weighted by Crippen LogP contribution is -2.45. The molecule has 1 aliphatic rings. The van der Waals surface area contributed by atoms with Crippen LogP contribution in [0.3, 0.4) is 0 Å². The molecule has 1 fully saturated rings. The Morgan fingerprint density at radius 1 is 1.20 bits per heavy atom. The number of benzene rings is 1. The lowest BCUT2D eigenvalue weighted by molar-refractivity contribution is 0.197. The number of hydrogen-bond acceptors (Lipinski definition) is 4. The summed E-state index contributed by atoms with van der Waals surface area (Å²) in [7, 11) is 0. The smallest absolute Gasteiger partial charge is 0.165 e. The highest BCUT2D eigenvalue weighted by atomic mass is 32.1. The number of nitrogens with zero attached hydrogens (tertiary/aromatic N) is 1. The lowest BCUT2D eigenvalue weighted by Gasteiger charge is -2.35. The SMILES string of the molecule is Oc1c(F)cccc1[C@H](c1cccs1)N1CCNCC1. The van der Waals surface area contributed by atoms with E-state index in [4.69, 9.17) is 0 Å². The number of hydrogen-bond donors (Lipinski definition) is 2. The number of halogens is 1. The molecule has 2 heterocycles. The average Bonchev–Trinajstić information content (AvgIpc) is 2.99. The van der Waals surface area contributed by atoms with E-state index >= 15 is 0 Å². The van der Waals surface area contributed by atoms with Crippen molar-refractivity contribution >= 4 is 11.3 Å². The first kappa shape index (κ1) is 13.5. The number of nitrogens with one attached hydrogen (secondary N) is 1. The predicted molar refractivity (Wildman–Crippen MR) is 78.7 cm³/mol. The van der Waals surface area contributed by atoms with E-state index in [2.05, 4.69) is 10.2 Å².